The van der Waals surface area contributed by atoms with Crippen molar-refractivity contribution in [2.45, 2.75) is 47.1 Å². The van der Waals surface area contributed by atoms with Crippen LogP contribution in [0.2, 0.25) is 0 Å². The normalized spacial score (nSPS) is 23.0. The SMILES string of the molecule is CCNC(Cc1ccn(C)n1)C1C(C)(C)C1(C)C. The monoisotopic (exact) mass is 249 g/mol. The Hall–Kier alpha value is -0.830. The molecule has 1 aliphatic rings. The molecule has 1 aromatic heterocycles. The molecule has 1 aromatic rings. The van der Waals surface area contributed by atoms with Gasteiger partial charge in [0, 0.05) is 25.7 Å². The maximum absolute atomic E-state index is 4.52. The van der Waals surface area contributed by atoms with E-state index in [-0.39, 0.29) is 0 Å². The quantitative estimate of drug-likeness (QED) is 0.869. The number of aromatic nitrogens is 2. The van der Waals surface area contributed by atoms with Crippen LogP contribution in [0.1, 0.15) is 40.3 Å². The fourth-order valence-electron chi connectivity index (χ4n) is 3.62. The molecular formula is C15H27N3. The summed E-state index contributed by atoms with van der Waals surface area (Å²) in [6.07, 6.45) is 3.06. The third-order valence-electron chi connectivity index (χ3n) is 5.20. The summed E-state index contributed by atoms with van der Waals surface area (Å²) in [5, 5.41) is 8.18. The van der Waals surface area contributed by atoms with E-state index in [1.54, 1.807) is 0 Å². The van der Waals surface area contributed by atoms with Gasteiger partial charge in [-0.15, -0.1) is 0 Å². The molecule has 102 valence electrons. The van der Waals surface area contributed by atoms with Gasteiger partial charge in [0.05, 0.1) is 5.69 Å². The average Bonchev–Trinajstić information content (AvgIpc) is 2.58. The highest BCUT2D eigenvalue weighted by atomic mass is 15.2. The topological polar surface area (TPSA) is 29.9 Å². The Morgan fingerprint density at radius 1 is 1.33 bits per heavy atom. The molecule has 1 heterocycles. The molecule has 0 aliphatic heterocycles. The van der Waals surface area contributed by atoms with Crippen LogP contribution in [-0.2, 0) is 13.5 Å². The number of likely N-dealkylation sites (N-methyl/N-ethyl adjacent to an activating group) is 1. The van der Waals surface area contributed by atoms with Crippen molar-refractivity contribution in [1.29, 1.82) is 0 Å². The molecule has 1 aliphatic carbocycles. The van der Waals surface area contributed by atoms with E-state index >= 15 is 0 Å². The highest BCUT2D eigenvalue weighted by Crippen LogP contribution is 2.69. The highest BCUT2D eigenvalue weighted by molar-refractivity contribution is 5.18. The Balaban J connectivity index is 2.11. The number of hydrogen-bond donors (Lipinski definition) is 1. The second-order valence-corrected chi connectivity index (χ2v) is 6.77. The lowest BCUT2D eigenvalue weighted by molar-refractivity contribution is 0.399. The van der Waals surface area contributed by atoms with Gasteiger partial charge in [0.2, 0.25) is 0 Å². The molecule has 1 unspecified atom stereocenters. The van der Waals surface area contributed by atoms with Crippen molar-refractivity contribution in [3.63, 3.8) is 0 Å². The maximum atomic E-state index is 4.52. The predicted octanol–water partition coefficient (Wildman–Crippen LogP) is 2.62. The van der Waals surface area contributed by atoms with Crippen LogP contribution < -0.4 is 5.32 Å². The van der Waals surface area contributed by atoms with Gasteiger partial charge in [0.1, 0.15) is 0 Å². The van der Waals surface area contributed by atoms with Crippen molar-refractivity contribution in [3.8, 4) is 0 Å². The molecule has 0 spiro atoms. The van der Waals surface area contributed by atoms with Crippen LogP contribution in [0.4, 0.5) is 0 Å². The van der Waals surface area contributed by atoms with Crippen LogP contribution in [0.25, 0.3) is 0 Å². The average molecular weight is 249 g/mol. The van der Waals surface area contributed by atoms with Crippen molar-refractivity contribution in [3.05, 3.63) is 18.0 Å². The molecule has 0 amide bonds. The number of nitrogens with zero attached hydrogens (tertiary/aromatic N) is 2. The van der Waals surface area contributed by atoms with E-state index in [0.29, 0.717) is 16.9 Å². The smallest absolute Gasteiger partial charge is 0.0640 e. The van der Waals surface area contributed by atoms with Gasteiger partial charge in [-0.1, -0.05) is 34.6 Å². The van der Waals surface area contributed by atoms with Gasteiger partial charge in [-0.05, 0) is 29.4 Å². The summed E-state index contributed by atoms with van der Waals surface area (Å²) in [4.78, 5) is 0. The third kappa shape index (κ3) is 2.09. The summed E-state index contributed by atoms with van der Waals surface area (Å²) < 4.78 is 1.89. The minimum atomic E-state index is 0.425. The first-order chi connectivity index (χ1) is 8.30. The Morgan fingerprint density at radius 3 is 2.33 bits per heavy atom. The van der Waals surface area contributed by atoms with Crippen LogP contribution in [0.3, 0.4) is 0 Å². The van der Waals surface area contributed by atoms with Crippen molar-refractivity contribution in [2.75, 3.05) is 6.54 Å². The number of aryl methyl sites for hydroxylation is 1. The van der Waals surface area contributed by atoms with Crippen molar-refractivity contribution in [2.24, 2.45) is 23.8 Å². The number of nitrogens with one attached hydrogen (secondary N) is 1. The zero-order valence-electron chi connectivity index (χ0n) is 12.6. The van der Waals surface area contributed by atoms with E-state index in [2.05, 4.69) is 51.1 Å². The predicted molar refractivity (Wildman–Crippen MR) is 75.4 cm³/mol. The Bertz CT molecular complexity index is 403. The van der Waals surface area contributed by atoms with Gasteiger partial charge in [-0.25, -0.2) is 0 Å². The minimum absolute atomic E-state index is 0.425. The van der Waals surface area contributed by atoms with Crippen LogP contribution >= 0.6 is 0 Å². The molecule has 0 bridgehead atoms. The van der Waals surface area contributed by atoms with Crippen molar-refractivity contribution in [1.82, 2.24) is 15.1 Å². The van der Waals surface area contributed by atoms with E-state index in [1.807, 2.05) is 17.9 Å². The Labute approximate surface area is 111 Å². The van der Waals surface area contributed by atoms with E-state index in [4.69, 9.17) is 0 Å². The van der Waals surface area contributed by atoms with Crippen LogP contribution in [0.15, 0.2) is 12.3 Å². The molecular weight excluding hydrogens is 222 g/mol. The lowest BCUT2D eigenvalue weighted by Crippen LogP contribution is -2.35. The Kier molecular flexibility index (Phi) is 3.30. The van der Waals surface area contributed by atoms with E-state index in [0.717, 1.165) is 18.9 Å². The van der Waals surface area contributed by atoms with Crippen molar-refractivity contribution >= 4 is 0 Å². The van der Waals surface area contributed by atoms with Gasteiger partial charge in [-0.2, -0.15) is 5.10 Å². The van der Waals surface area contributed by atoms with Gasteiger partial charge in [0.15, 0.2) is 0 Å². The molecule has 0 saturated heterocycles. The summed E-state index contributed by atoms with van der Waals surface area (Å²) in [6.45, 7) is 12.8. The molecule has 3 heteroatoms. The number of rotatable bonds is 5. The summed E-state index contributed by atoms with van der Waals surface area (Å²) in [7, 11) is 1.98. The summed E-state index contributed by atoms with van der Waals surface area (Å²) >= 11 is 0. The summed E-state index contributed by atoms with van der Waals surface area (Å²) in [6, 6.07) is 2.67. The molecule has 1 N–H and O–H groups in total. The first-order valence-corrected chi connectivity index (χ1v) is 7.02. The molecule has 18 heavy (non-hydrogen) atoms. The zero-order valence-corrected chi connectivity index (χ0v) is 12.6. The maximum Gasteiger partial charge on any atom is 0.0640 e. The molecule has 3 nitrogen and oxygen atoms in total. The zero-order chi connectivity index (χ0) is 13.6. The molecule has 1 fully saturated rings. The standard InChI is InChI=1S/C15H27N3/c1-7-16-12(10-11-8-9-18(6)17-11)13-14(2,3)15(13,4)5/h8-9,12-13,16H,7,10H2,1-6H3. The lowest BCUT2D eigenvalue weighted by Gasteiger charge is -2.19. The van der Waals surface area contributed by atoms with Crippen LogP contribution in [0.5, 0.6) is 0 Å². The van der Waals surface area contributed by atoms with Crippen LogP contribution in [0, 0.1) is 16.7 Å². The summed E-state index contributed by atoms with van der Waals surface area (Å²) in [5.74, 6) is 0.729. The Morgan fingerprint density at radius 2 is 1.94 bits per heavy atom. The first kappa shape index (κ1) is 13.6. The van der Waals surface area contributed by atoms with Gasteiger partial charge in [-0.3, -0.25) is 4.68 Å². The number of hydrogen-bond acceptors (Lipinski definition) is 2. The molecule has 0 radical (unpaired) electrons. The van der Waals surface area contributed by atoms with Crippen LogP contribution in [-0.4, -0.2) is 22.4 Å². The van der Waals surface area contributed by atoms with E-state index in [1.165, 1.54) is 5.69 Å². The fourth-order valence-corrected chi connectivity index (χ4v) is 3.62. The molecule has 1 atom stereocenters. The largest absolute Gasteiger partial charge is 0.314 e. The van der Waals surface area contributed by atoms with Crippen molar-refractivity contribution < 1.29 is 0 Å². The summed E-state index contributed by atoms with van der Waals surface area (Å²) in [5.41, 5.74) is 2.05. The minimum Gasteiger partial charge on any atom is -0.314 e. The lowest BCUT2D eigenvalue weighted by atomic mass is 9.99. The highest BCUT2D eigenvalue weighted by Gasteiger charge is 2.66. The second-order valence-electron chi connectivity index (χ2n) is 6.77. The second kappa shape index (κ2) is 4.37. The molecule has 1 saturated carbocycles. The van der Waals surface area contributed by atoms with Gasteiger partial charge < -0.3 is 5.32 Å². The molecule has 2 rings (SSSR count). The fraction of sp³-hybridized carbons (Fsp3) is 0.800. The van der Waals surface area contributed by atoms with E-state index < -0.39 is 0 Å². The first-order valence-electron chi connectivity index (χ1n) is 7.02. The van der Waals surface area contributed by atoms with Gasteiger partial charge >= 0.3 is 0 Å². The molecule has 0 aromatic carbocycles. The van der Waals surface area contributed by atoms with Gasteiger partial charge in [0.25, 0.3) is 0 Å². The van der Waals surface area contributed by atoms with E-state index in [9.17, 15) is 0 Å². The third-order valence-corrected chi connectivity index (χ3v) is 5.20.